The predicted molar refractivity (Wildman–Crippen MR) is 76.5 cm³/mol. The number of amides is 1. The normalized spacial score (nSPS) is 11.6. The molecular formula is C13H19FN2O4S. The van der Waals surface area contributed by atoms with Crippen LogP contribution in [0.15, 0.2) is 24.3 Å². The van der Waals surface area contributed by atoms with Gasteiger partial charge in [-0.05, 0) is 17.7 Å². The molecule has 6 nitrogen and oxygen atoms in total. The third kappa shape index (κ3) is 6.65. The van der Waals surface area contributed by atoms with Crippen molar-refractivity contribution in [2.24, 2.45) is 0 Å². The van der Waals surface area contributed by atoms with Crippen LogP contribution in [-0.2, 0) is 26.1 Å². The fourth-order valence-electron chi connectivity index (χ4n) is 1.59. The molecule has 0 aromatic heterocycles. The first-order chi connectivity index (χ1) is 9.82. The Morgan fingerprint density at radius 3 is 2.48 bits per heavy atom. The molecule has 0 atom stereocenters. The summed E-state index contributed by atoms with van der Waals surface area (Å²) in [6.07, 6.45) is 1.03. The molecule has 0 aliphatic carbocycles. The zero-order valence-corrected chi connectivity index (χ0v) is 12.8. The van der Waals surface area contributed by atoms with Crippen LogP contribution in [0.4, 0.5) is 4.39 Å². The number of nitrogens with one attached hydrogen (secondary N) is 1. The van der Waals surface area contributed by atoms with E-state index in [0.717, 1.165) is 10.6 Å². The maximum Gasteiger partial charge on any atom is 0.235 e. The topological polar surface area (TPSA) is 75.7 Å². The zero-order valence-electron chi connectivity index (χ0n) is 12.0. The molecule has 0 saturated heterocycles. The Balaban J connectivity index is 2.69. The van der Waals surface area contributed by atoms with Crippen molar-refractivity contribution < 1.29 is 22.3 Å². The Morgan fingerprint density at radius 1 is 1.33 bits per heavy atom. The summed E-state index contributed by atoms with van der Waals surface area (Å²) in [5, 5.41) is 2.55. The van der Waals surface area contributed by atoms with E-state index < -0.39 is 21.7 Å². The first-order valence-corrected chi connectivity index (χ1v) is 8.13. The van der Waals surface area contributed by atoms with Gasteiger partial charge < -0.3 is 10.1 Å². The quantitative estimate of drug-likeness (QED) is 0.702. The molecule has 1 amide bonds. The molecule has 1 aromatic carbocycles. The Labute approximate surface area is 123 Å². The van der Waals surface area contributed by atoms with Gasteiger partial charge >= 0.3 is 0 Å². The number of carbonyl (C=O) groups is 1. The van der Waals surface area contributed by atoms with Gasteiger partial charge in [-0.2, -0.15) is 4.31 Å². The number of carbonyl (C=O) groups excluding carboxylic acids is 1. The highest BCUT2D eigenvalue weighted by atomic mass is 32.2. The van der Waals surface area contributed by atoms with Gasteiger partial charge in [0, 0.05) is 20.2 Å². The van der Waals surface area contributed by atoms with Crippen LogP contribution in [0.25, 0.3) is 0 Å². The highest BCUT2D eigenvalue weighted by Gasteiger charge is 2.20. The Hall–Kier alpha value is -1.51. The summed E-state index contributed by atoms with van der Waals surface area (Å²) in [5.41, 5.74) is 0.603. The van der Waals surface area contributed by atoms with Gasteiger partial charge in [-0.15, -0.1) is 0 Å². The van der Waals surface area contributed by atoms with Crippen molar-refractivity contribution in [2.75, 3.05) is 33.1 Å². The van der Waals surface area contributed by atoms with Gasteiger partial charge in [0.25, 0.3) is 0 Å². The third-order valence-electron chi connectivity index (χ3n) is 2.69. The van der Waals surface area contributed by atoms with E-state index in [-0.39, 0.29) is 13.1 Å². The van der Waals surface area contributed by atoms with Crippen molar-refractivity contribution in [3.05, 3.63) is 35.6 Å². The van der Waals surface area contributed by atoms with E-state index in [9.17, 15) is 17.6 Å². The Kier molecular flexibility index (Phi) is 6.73. The smallest absolute Gasteiger partial charge is 0.235 e. The summed E-state index contributed by atoms with van der Waals surface area (Å²) in [6, 6.07) is 5.45. The minimum absolute atomic E-state index is 0.0107. The minimum Gasteiger partial charge on any atom is -0.383 e. The van der Waals surface area contributed by atoms with E-state index in [1.54, 1.807) is 0 Å². The van der Waals surface area contributed by atoms with Crippen LogP contribution >= 0.6 is 0 Å². The van der Waals surface area contributed by atoms with Crippen LogP contribution in [0, 0.1) is 5.82 Å². The van der Waals surface area contributed by atoms with Gasteiger partial charge in [-0.1, -0.05) is 12.1 Å². The zero-order chi connectivity index (χ0) is 15.9. The van der Waals surface area contributed by atoms with E-state index in [0.29, 0.717) is 18.7 Å². The van der Waals surface area contributed by atoms with Gasteiger partial charge in [0.05, 0.1) is 19.4 Å². The number of halogens is 1. The van der Waals surface area contributed by atoms with Crippen LogP contribution in [-0.4, -0.2) is 51.7 Å². The lowest BCUT2D eigenvalue weighted by Gasteiger charge is -2.19. The number of rotatable bonds is 8. The largest absolute Gasteiger partial charge is 0.383 e. The highest BCUT2D eigenvalue weighted by Crippen LogP contribution is 2.09. The summed E-state index contributed by atoms with van der Waals surface area (Å²) in [5.74, 6) is -0.818. The number of hydrogen-bond donors (Lipinski definition) is 1. The average Bonchev–Trinajstić information content (AvgIpc) is 2.40. The molecule has 0 heterocycles. The van der Waals surface area contributed by atoms with Gasteiger partial charge in [0.2, 0.25) is 15.9 Å². The first kappa shape index (κ1) is 17.5. The fraction of sp³-hybridized carbons (Fsp3) is 0.462. The summed E-state index contributed by atoms with van der Waals surface area (Å²) in [6.45, 7) is 0.378. The average molecular weight is 318 g/mol. The second-order valence-electron chi connectivity index (χ2n) is 4.50. The molecule has 0 aliphatic heterocycles. The van der Waals surface area contributed by atoms with E-state index in [2.05, 4.69) is 5.32 Å². The second kappa shape index (κ2) is 8.06. The summed E-state index contributed by atoms with van der Waals surface area (Å²) >= 11 is 0. The predicted octanol–water partition coefficient (Wildman–Crippen LogP) is 0.350. The van der Waals surface area contributed by atoms with Crippen molar-refractivity contribution in [1.82, 2.24) is 9.62 Å². The number of sulfonamides is 1. The van der Waals surface area contributed by atoms with Gasteiger partial charge in [-0.3, -0.25) is 4.79 Å². The van der Waals surface area contributed by atoms with Crippen molar-refractivity contribution in [2.45, 2.75) is 6.54 Å². The van der Waals surface area contributed by atoms with Crippen molar-refractivity contribution in [3.63, 3.8) is 0 Å². The van der Waals surface area contributed by atoms with Crippen LogP contribution in [0.2, 0.25) is 0 Å². The molecule has 8 heteroatoms. The first-order valence-electron chi connectivity index (χ1n) is 6.28. The van der Waals surface area contributed by atoms with E-state index in [1.165, 1.54) is 31.4 Å². The summed E-state index contributed by atoms with van der Waals surface area (Å²) < 4.78 is 42.1. The van der Waals surface area contributed by atoms with Crippen LogP contribution in [0.3, 0.4) is 0 Å². The number of methoxy groups -OCH3 is 1. The number of ether oxygens (including phenoxy) is 1. The Morgan fingerprint density at radius 2 is 1.95 bits per heavy atom. The van der Waals surface area contributed by atoms with E-state index in [4.69, 9.17) is 4.74 Å². The molecule has 0 fully saturated rings. The van der Waals surface area contributed by atoms with Crippen LogP contribution in [0.1, 0.15) is 5.56 Å². The summed E-state index contributed by atoms with van der Waals surface area (Å²) in [4.78, 5) is 11.7. The van der Waals surface area contributed by atoms with Gasteiger partial charge in [0.1, 0.15) is 5.82 Å². The van der Waals surface area contributed by atoms with Crippen molar-refractivity contribution in [3.8, 4) is 0 Å². The highest BCUT2D eigenvalue weighted by molar-refractivity contribution is 7.88. The third-order valence-corrected chi connectivity index (χ3v) is 3.89. The standard InChI is InChI=1S/C13H19FN2O4S/c1-20-8-7-15-13(17)10-16(21(2,18)19)9-11-3-5-12(14)6-4-11/h3-6H,7-10H2,1-2H3,(H,15,17). The van der Waals surface area contributed by atoms with Crippen molar-refractivity contribution in [1.29, 1.82) is 0 Å². The van der Waals surface area contributed by atoms with Crippen LogP contribution in [0.5, 0.6) is 0 Å². The number of benzene rings is 1. The SMILES string of the molecule is COCCNC(=O)CN(Cc1ccc(F)cc1)S(C)(=O)=O. The number of hydrogen-bond acceptors (Lipinski definition) is 4. The molecule has 118 valence electrons. The molecule has 1 rings (SSSR count). The molecule has 0 spiro atoms. The lowest BCUT2D eigenvalue weighted by molar-refractivity contribution is -0.121. The minimum atomic E-state index is -3.55. The fourth-order valence-corrected chi connectivity index (χ4v) is 2.33. The molecule has 21 heavy (non-hydrogen) atoms. The molecule has 0 unspecified atom stereocenters. The molecule has 0 bridgehead atoms. The maximum atomic E-state index is 12.8. The van der Waals surface area contributed by atoms with E-state index >= 15 is 0 Å². The lowest BCUT2D eigenvalue weighted by Crippen LogP contribution is -2.40. The maximum absolute atomic E-state index is 12.8. The number of nitrogens with zero attached hydrogens (tertiary/aromatic N) is 1. The van der Waals surface area contributed by atoms with Crippen LogP contribution < -0.4 is 5.32 Å². The summed E-state index contributed by atoms with van der Waals surface area (Å²) in [7, 11) is -2.05. The van der Waals surface area contributed by atoms with Gasteiger partial charge in [-0.25, -0.2) is 12.8 Å². The molecular weight excluding hydrogens is 299 g/mol. The van der Waals surface area contributed by atoms with Gasteiger partial charge in [0.15, 0.2) is 0 Å². The Bertz CT molecular complexity index is 560. The van der Waals surface area contributed by atoms with E-state index in [1.807, 2.05) is 0 Å². The molecule has 1 N–H and O–H groups in total. The molecule has 0 saturated carbocycles. The second-order valence-corrected chi connectivity index (χ2v) is 6.48. The molecule has 0 radical (unpaired) electrons. The lowest BCUT2D eigenvalue weighted by atomic mass is 10.2. The molecule has 1 aromatic rings. The van der Waals surface area contributed by atoms with Crippen molar-refractivity contribution >= 4 is 15.9 Å². The monoisotopic (exact) mass is 318 g/mol. The molecule has 0 aliphatic rings.